The molecule has 2 fully saturated rings. The fraction of sp³-hybridized carbons (Fsp3) is 0.500. The molecule has 1 N–H and O–H groups in total. The van der Waals surface area contributed by atoms with Crippen LogP contribution >= 0.6 is 23.2 Å². The van der Waals surface area contributed by atoms with Gasteiger partial charge in [0.15, 0.2) is 0 Å². The summed E-state index contributed by atoms with van der Waals surface area (Å²) in [5.74, 6) is 0.113. The van der Waals surface area contributed by atoms with E-state index >= 15 is 0 Å². The van der Waals surface area contributed by atoms with Gasteiger partial charge in [0.25, 0.3) is 0 Å². The van der Waals surface area contributed by atoms with Crippen molar-refractivity contribution in [1.29, 1.82) is 0 Å². The molecule has 0 bridgehead atoms. The number of nitrogens with one attached hydrogen (secondary N) is 1. The third-order valence-corrected chi connectivity index (χ3v) is 4.48. The highest BCUT2D eigenvalue weighted by Gasteiger charge is 2.34. The van der Waals surface area contributed by atoms with Crippen molar-refractivity contribution in [2.75, 3.05) is 11.4 Å². The molecular weight excluding hydrogens is 283 g/mol. The van der Waals surface area contributed by atoms with Gasteiger partial charge in [0.1, 0.15) is 0 Å². The van der Waals surface area contributed by atoms with Gasteiger partial charge < -0.3 is 10.2 Å². The highest BCUT2D eigenvalue weighted by molar-refractivity contribution is 6.44. The predicted octanol–water partition coefficient (Wildman–Crippen LogP) is 3.24. The molecule has 0 radical (unpaired) electrons. The lowest BCUT2D eigenvalue weighted by atomic mass is 10.0. The van der Waals surface area contributed by atoms with Gasteiger partial charge in [-0.3, -0.25) is 4.79 Å². The summed E-state index contributed by atoms with van der Waals surface area (Å²) in [6.07, 6.45) is 4.26. The summed E-state index contributed by atoms with van der Waals surface area (Å²) in [7, 11) is 0. The molecule has 3 rings (SSSR count). The quantitative estimate of drug-likeness (QED) is 0.929. The van der Waals surface area contributed by atoms with Crippen LogP contribution in [0.4, 0.5) is 5.69 Å². The molecule has 1 heterocycles. The number of amides is 1. The van der Waals surface area contributed by atoms with Crippen molar-refractivity contribution in [3.8, 4) is 0 Å². The highest BCUT2D eigenvalue weighted by Crippen LogP contribution is 2.34. The Kier molecular flexibility index (Phi) is 3.70. The molecule has 1 atom stereocenters. The largest absolute Gasteiger partial charge is 0.310 e. The van der Waals surface area contributed by atoms with Gasteiger partial charge in [-0.25, -0.2) is 0 Å². The molecule has 1 saturated carbocycles. The fourth-order valence-electron chi connectivity index (χ4n) is 2.50. The van der Waals surface area contributed by atoms with Crippen molar-refractivity contribution < 1.29 is 4.79 Å². The molecule has 1 aliphatic heterocycles. The molecule has 0 spiro atoms. The molecule has 3 nitrogen and oxygen atoms in total. The lowest BCUT2D eigenvalue weighted by Gasteiger charge is -2.33. The number of piperidine rings is 1. The lowest BCUT2D eigenvalue weighted by molar-refractivity contribution is -0.121. The Bertz CT molecular complexity index is 502. The van der Waals surface area contributed by atoms with E-state index in [4.69, 9.17) is 23.2 Å². The average Bonchev–Trinajstić information content (AvgIpc) is 3.20. The third-order valence-electron chi connectivity index (χ3n) is 3.67. The Labute approximate surface area is 122 Å². The van der Waals surface area contributed by atoms with Crippen molar-refractivity contribution in [2.45, 2.75) is 37.8 Å². The highest BCUT2D eigenvalue weighted by atomic mass is 35.5. The Morgan fingerprint density at radius 1 is 1.21 bits per heavy atom. The zero-order chi connectivity index (χ0) is 13.4. The molecule has 1 unspecified atom stereocenters. The fourth-order valence-corrected chi connectivity index (χ4v) is 2.90. The molecule has 1 aliphatic carbocycles. The van der Waals surface area contributed by atoms with Crippen LogP contribution in [-0.2, 0) is 4.79 Å². The van der Waals surface area contributed by atoms with Crippen molar-refractivity contribution in [3.63, 3.8) is 0 Å². The Balaban J connectivity index is 1.82. The van der Waals surface area contributed by atoms with Gasteiger partial charge in [0.2, 0.25) is 5.91 Å². The van der Waals surface area contributed by atoms with Gasteiger partial charge in [-0.15, -0.1) is 0 Å². The number of hydrogen-bond donors (Lipinski definition) is 1. The van der Waals surface area contributed by atoms with Gasteiger partial charge in [-0.2, -0.15) is 0 Å². The number of rotatable bonds is 3. The van der Waals surface area contributed by atoms with Gasteiger partial charge >= 0.3 is 0 Å². The minimum atomic E-state index is -0.0729. The molecule has 5 heteroatoms. The Hall–Kier alpha value is -0.770. The first-order valence-electron chi connectivity index (χ1n) is 6.68. The van der Waals surface area contributed by atoms with Crippen molar-refractivity contribution in [1.82, 2.24) is 5.32 Å². The maximum absolute atomic E-state index is 12.5. The van der Waals surface area contributed by atoms with E-state index in [0.717, 1.165) is 18.5 Å². The Morgan fingerprint density at radius 3 is 2.74 bits per heavy atom. The molecule has 102 valence electrons. The van der Waals surface area contributed by atoms with Crippen LogP contribution in [0.5, 0.6) is 0 Å². The molecule has 2 aliphatic rings. The number of carbonyl (C=O) groups is 1. The van der Waals surface area contributed by atoms with E-state index in [-0.39, 0.29) is 11.9 Å². The summed E-state index contributed by atoms with van der Waals surface area (Å²) in [6, 6.07) is 5.88. The van der Waals surface area contributed by atoms with Gasteiger partial charge in [0, 0.05) is 12.6 Å². The lowest BCUT2D eigenvalue weighted by Crippen LogP contribution is -2.51. The monoisotopic (exact) mass is 298 g/mol. The maximum Gasteiger partial charge on any atom is 0.244 e. The van der Waals surface area contributed by atoms with E-state index in [0.29, 0.717) is 22.6 Å². The van der Waals surface area contributed by atoms with E-state index in [9.17, 15) is 4.79 Å². The first-order valence-corrected chi connectivity index (χ1v) is 7.44. The maximum atomic E-state index is 12.5. The first-order chi connectivity index (χ1) is 9.16. The zero-order valence-corrected chi connectivity index (χ0v) is 12.0. The molecule has 1 aromatic carbocycles. The molecule has 19 heavy (non-hydrogen) atoms. The second-order valence-electron chi connectivity index (χ2n) is 5.20. The number of carbonyl (C=O) groups excluding carboxylic acids is 1. The van der Waals surface area contributed by atoms with Crippen LogP contribution in [0.25, 0.3) is 0 Å². The first kappa shape index (κ1) is 13.2. The molecule has 1 amide bonds. The zero-order valence-electron chi connectivity index (χ0n) is 10.5. The van der Waals surface area contributed by atoms with E-state index < -0.39 is 0 Å². The Morgan fingerprint density at radius 2 is 2.00 bits per heavy atom. The standard InChI is InChI=1S/C14H16Cl2N2O/c15-10-3-1-5-12(13(10)16)18-8-2-4-11(14(18)19)17-9-6-7-9/h1,3,5,9,11,17H,2,4,6-8H2. The second kappa shape index (κ2) is 5.31. The van der Waals surface area contributed by atoms with Crippen LogP contribution in [-0.4, -0.2) is 24.5 Å². The molecule has 1 aromatic rings. The second-order valence-corrected chi connectivity index (χ2v) is 5.98. The summed E-state index contributed by atoms with van der Waals surface area (Å²) in [6.45, 7) is 0.710. The van der Waals surface area contributed by atoms with Crippen LogP contribution < -0.4 is 10.2 Å². The van der Waals surface area contributed by atoms with Gasteiger partial charge in [0.05, 0.1) is 21.8 Å². The summed E-state index contributed by atoms with van der Waals surface area (Å²) in [5, 5.41) is 4.36. The minimum Gasteiger partial charge on any atom is -0.310 e. The number of benzene rings is 1. The molecule has 1 saturated heterocycles. The number of anilines is 1. The number of nitrogens with zero attached hydrogens (tertiary/aromatic N) is 1. The van der Waals surface area contributed by atoms with Crippen LogP contribution in [0.3, 0.4) is 0 Å². The summed E-state index contributed by atoms with van der Waals surface area (Å²) < 4.78 is 0. The SMILES string of the molecule is O=C1C(NC2CC2)CCCN1c1cccc(Cl)c1Cl. The van der Waals surface area contributed by atoms with E-state index in [2.05, 4.69) is 5.32 Å². The molecule has 0 aromatic heterocycles. The van der Waals surface area contributed by atoms with Crippen molar-refractivity contribution in [3.05, 3.63) is 28.2 Å². The predicted molar refractivity (Wildman–Crippen MR) is 78.0 cm³/mol. The van der Waals surface area contributed by atoms with Crippen LogP contribution in [0.15, 0.2) is 18.2 Å². The van der Waals surface area contributed by atoms with E-state index in [1.165, 1.54) is 12.8 Å². The minimum absolute atomic E-state index is 0.0729. The number of hydrogen-bond acceptors (Lipinski definition) is 2. The summed E-state index contributed by atoms with van der Waals surface area (Å²) in [5.41, 5.74) is 0.724. The van der Waals surface area contributed by atoms with Gasteiger partial charge in [-0.05, 0) is 37.8 Å². The normalized spacial score (nSPS) is 23.8. The van der Waals surface area contributed by atoms with Crippen molar-refractivity contribution in [2.24, 2.45) is 0 Å². The van der Waals surface area contributed by atoms with E-state index in [1.54, 1.807) is 11.0 Å². The van der Waals surface area contributed by atoms with Crippen LogP contribution in [0, 0.1) is 0 Å². The topological polar surface area (TPSA) is 32.3 Å². The van der Waals surface area contributed by atoms with Gasteiger partial charge in [-0.1, -0.05) is 29.3 Å². The number of halogens is 2. The third kappa shape index (κ3) is 2.73. The van der Waals surface area contributed by atoms with E-state index in [1.807, 2.05) is 12.1 Å². The summed E-state index contributed by atoms with van der Waals surface area (Å²) in [4.78, 5) is 14.3. The summed E-state index contributed by atoms with van der Waals surface area (Å²) >= 11 is 12.2. The average molecular weight is 299 g/mol. The molecular formula is C14H16Cl2N2O. The van der Waals surface area contributed by atoms with Crippen LogP contribution in [0.1, 0.15) is 25.7 Å². The van der Waals surface area contributed by atoms with Crippen LogP contribution in [0.2, 0.25) is 10.0 Å². The smallest absolute Gasteiger partial charge is 0.244 e. The van der Waals surface area contributed by atoms with Crippen molar-refractivity contribution >= 4 is 34.8 Å².